The van der Waals surface area contributed by atoms with Crippen molar-refractivity contribution in [2.45, 2.75) is 45.8 Å². The SMILES string of the molecule is CC(=O)N(CC[C@H](c1ccccc1)c1ccc(OC(C)C)cc1)Cc1ccc(Cl)cc1. The first kappa shape index (κ1) is 22.9. The van der Waals surface area contributed by atoms with Gasteiger partial charge in [-0.3, -0.25) is 4.79 Å². The summed E-state index contributed by atoms with van der Waals surface area (Å²) in [4.78, 5) is 14.2. The molecule has 0 bridgehead atoms. The minimum Gasteiger partial charge on any atom is -0.491 e. The van der Waals surface area contributed by atoms with Crippen LogP contribution >= 0.6 is 11.6 Å². The lowest BCUT2D eigenvalue weighted by Crippen LogP contribution is -2.30. The van der Waals surface area contributed by atoms with E-state index in [1.807, 2.05) is 61.2 Å². The maximum absolute atomic E-state index is 12.3. The average Bonchev–Trinajstić information content (AvgIpc) is 2.75. The Morgan fingerprint density at radius 2 is 1.52 bits per heavy atom. The standard InChI is InChI=1S/C27H30ClNO2/c1-20(2)31-26-15-11-24(12-16-26)27(23-7-5-4-6-8-23)17-18-29(21(3)30)19-22-9-13-25(28)14-10-22/h4-16,20,27H,17-19H2,1-3H3/t27-/m1/s1. The molecule has 3 nitrogen and oxygen atoms in total. The molecule has 0 saturated carbocycles. The smallest absolute Gasteiger partial charge is 0.219 e. The molecule has 0 fully saturated rings. The number of hydrogen-bond donors (Lipinski definition) is 0. The molecule has 0 aliphatic carbocycles. The fraction of sp³-hybridized carbons (Fsp3) is 0.296. The largest absolute Gasteiger partial charge is 0.491 e. The summed E-state index contributed by atoms with van der Waals surface area (Å²) in [5.41, 5.74) is 3.54. The highest BCUT2D eigenvalue weighted by molar-refractivity contribution is 6.30. The van der Waals surface area contributed by atoms with Crippen molar-refractivity contribution < 1.29 is 9.53 Å². The number of nitrogens with zero attached hydrogens (tertiary/aromatic N) is 1. The van der Waals surface area contributed by atoms with E-state index in [2.05, 4.69) is 36.4 Å². The van der Waals surface area contributed by atoms with E-state index in [1.54, 1.807) is 6.92 Å². The predicted octanol–water partition coefficient (Wildman–Crippen LogP) is 6.70. The fourth-order valence-electron chi connectivity index (χ4n) is 3.70. The van der Waals surface area contributed by atoms with Gasteiger partial charge in [0.15, 0.2) is 0 Å². The minimum absolute atomic E-state index is 0.0717. The van der Waals surface area contributed by atoms with Gasteiger partial charge in [-0.25, -0.2) is 0 Å². The number of hydrogen-bond acceptors (Lipinski definition) is 2. The Labute approximate surface area is 190 Å². The van der Waals surface area contributed by atoms with Crippen LogP contribution in [0.1, 0.15) is 49.8 Å². The summed E-state index contributed by atoms with van der Waals surface area (Å²) in [7, 11) is 0. The number of ether oxygens (including phenoxy) is 1. The van der Waals surface area contributed by atoms with Crippen LogP contribution in [0.4, 0.5) is 0 Å². The Bertz CT molecular complexity index is 953. The van der Waals surface area contributed by atoms with E-state index in [0.29, 0.717) is 18.1 Å². The molecule has 0 aliphatic heterocycles. The molecule has 0 radical (unpaired) electrons. The first-order valence-electron chi connectivity index (χ1n) is 10.7. The van der Waals surface area contributed by atoms with Crippen molar-refractivity contribution in [2.24, 2.45) is 0 Å². The van der Waals surface area contributed by atoms with Gasteiger partial charge in [-0.2, -0.15) is 0 Å². The van der Waals surface area contributed by atoms with E-state index in [4.69, 9.17) is 16.3 Å². The minimum atomic E-state index is 0.0717. The van der Waals surface area contributed by atoms with Crippen LogP contribution in [0.25, 0.3) is 0 Å². The van der Waals surface area contributed by atoms with Gasteiger partial charge in [0.25, 0.3) is 0 Å². The molecule has 0 saturated heterocycles. The van der Waals surface area contributed by atoms with Gasteiger partial charge in [-0.15, -0.1) is 0 Å². The second kappa shape index (κ2) is 11.0. The third-order valence-corrected chi connectivity index (χ3v) is 5.53. The summed E-state index contributed by atoms with van der Waals surface area (Å²) in [6.07, 6.45) is 0.981. The van der Waals surface area contributed by atoms with Crippen LogP contribution in [-0.4, -0.2) is 23.5 Å². The summed E-state index contributed by atoms with van der Waals surface area (Å²) in [5.74, 6) is 1.14. The number of rotatable bonds is 9. The molecule has 0 heterocycles. The van der Waals surface area contributed by atoms with Crippen molar-refractivity contribution in [1.82, 2.24) is 4.90 Å². The van der Waals surface area contributed by atoms with E-state index in [1.165, 1.54) is 11.1 Å². The highest BCUT2D eigenvalue weighted by Crippen LogP contribution is 2.30. The maximum Gasteiger partial charge on any atom is 0.219 e. The summed E-state index contributed by atoms with van der Waals surface area (Å²) in [6.45, 7) is 6.93. The quantitative estimate of drug-likeness (QED) is 0.374. The van der Waals surface area contributed by atoms with Gasteiger partial charge in [0.1, 0.15) is 5.75 Å². The Hall–Kier alpha value is -2.78. The molecule has 0 aliphatic rings. The van der Waals surface area contributed by atoms with Gasteiger partial charge >= 0.3 is 0 Å². The second-order valence-electron chi connectivity index (χ2n) is 8.05. The van der Waals surface area contributed by atoms with Crippen LogP contribution in [0.15, 0.2) is 78.9 Å². The van der Waals surface area contributed by atoms with Crippen LogP contribution < -0.4 is 4.74 Å². The lowest BCUT2D eigenvalue weighted by Gasteiger charge is -2.25. The van der Waals surface area contributed by atoms with Crippen LogP contribution in [0.5, 0.6) is 5.75 Å². The van der Waals surface area contributed by atoms with E-state index in [0.717, 1.165) is 17.7 Å². The molecule has 3 aromatic carbocycles. The van der Waals surface area contributed by atoms with Crippen LogP contribution in [0, 0.1) is 0 Å². The van der Waals surface area contributed by atoms with Crippen molar-refractivity contribution in [3.63, 3.8) is 0 Å². The molecule has 1 atom stereocenters. The molecule has 3 aromatic rings. The molecule has 0 spiro atoms. The number of carbonyl (C=O) groups excluding carboxylic acids is 1. The lowest BCUT2D eigenvalue weighted by molar-refractivity contribution is -0.129. The number of carbonyl (C=O) groups is 1. The molecule has 31 heavy (non-hydrogen) atoms. The molecular weight excluding hydrogens is 406 g/mol. The summed E-state index contributed by atoms with van der Waals surface area (Å²) < 4.78 is 5.80. The molecular formula is C27H30ClNO2. The molecule has 3 rings (SSSR count). The van der Waals surface area contributed by atoms with Gasteiger partial charge in [0.2, 0.25) is 5.91 Å². The van der Waals surface area contributed by atoms with Crippen molar-refractivity contribution >= 4 is 17.5 Å². The monoisotopic (exact) mass is 435 g/mol. The third-order valence-electron chi connectivity index (χ3n) is 5.28. The summed E-state index contributed by atoms with van der Waals surface area (Å²) in [5, 5.41) is 0.701. The zero-order chi connectivity index (χ0) is 22.2. The average molecular weight is 436 g/mol. The predicted molar refractivity (Wildman–Crippen MR) is 128 cm³/mol. The van der Waals surface area contributed by atoms with E-state index in [-0.39, 0.29) is 17.9 Å². The first-order valence-corrected chi connectivity index (χ1v) is 11.1. The normalized spacial score (nSPS) is 11.9. The van der Waals surface area contributed by atoms with Gasteiger partial charge in [-0.05, 0) is 61.2 Å². The number of benzene rings is 3. The van der Waals surface area contributed by atoms with Crippen LogP contribution in [0.2, 0.25) is 5.02 Å². The lowest BCUT2D eigenvalue weighted by atomic mass is 9.88. The van der Waals surface area contributed by atoms with Gasteiger partial charge in [-0.1, -0.05) is 66.2 Å². The zero-order valence-electron chi connectivity index (χ0n) is 18.4. The molecule has 0 unspecified atom stereocenters. The molecule has 162 valence electrons. The Morgan fingerprint density at radius 3 is 2.10 bits per heavy atom. The topological polar surface area (TPSA) is 29.5 Å². The van der Waals surface area contributed by atoms with Gasteiger partial charge < -0.3 is 9.64 Å². The highest BCUT2D eigenvalue weighted by atomic mass is 35.5. The summed E-state index contributed by atoms with van der Waals surface area (Å²) >= 11 is 6.00. The van der Waals surface area contributed by atoms with Crippen molar-refractivity contribution in [2.75, 3.05) is 6.54 Å². The van der Waals surface area contributed by atoms with Crippen LogP contribution in [0.3, 0.4) is 0 Å². The Balaban J connectivity index is 1.77. The molecule has 0 N–H and O–H groups in total. The highest BCUT2D eigenvalue weighted by Gasteiger charge is 2.18. The fourth-order valence-corrected chi connectivity index (χ4v) is 3.83. The number of halogens is 1. The Morgan fingerprint density at radius 1 is 0.903 bits per heavy atom. The summed E-state index contributed by atoms with van der Waals surface area (Å²) in [6, 6.07) is 26.5. The van der Waals surface area contributed by atoms with Crippen LogP contribution in [-0.2, 0) is 11.3 Å². The molecule has 4 heteroatoms. The van der Waals surface area contributed by atoms with E-state index in [9.17, 15) is 4.79 Å². The van der Waals surface area contributed by atoms with Crippen molar-refractivity contribution in [3.8, 4) is 5.75 Å². The molecule has 0 aromatic heterocycles. The third kappa shape index (κ3) is 6.86. The zero-order valence-corrected chi connectivity index (χ0v) is 19.2. The van der Waals surface area contributed by atoms with E-state index < -0.39 is 0 Å². The molecule has 1 amide bonds. The van der Waals surface area contributed by atoms with Gasteiger partial charge in [0.05, 0.1) is 6.10 Å². The van der Waals surface area contributed by atoms with Crippen molar-refractivity contribution in [3.05, 3.63) is 101 Å². The number of amides is 1. The maximum atomic E-state index is 12.3. The Kier molecular flexibility index (Phi) is 8.13. The van der Waals surface area contributed by atoms with Gasteiger partial charge in [0, 0.05) is 31.0 Å². The van der Waals surface area contributed by atoms with E-state index >= 15 is 0 Å². The first-order chi connectivity index (χ1) is 14.9. The van der Waals surface area contributed by atoms with Crippen molar-refractivity contribution in [1.29, 1.82) is 0 Å². The second-order valence-corrected chi connectivity index (χ2v) is 8.49.